The SMILES string of the molecule is CCC1CCCC(Oc2c(F)cccc2C=O)C1. The fraction of sp³-hybridized carbons (Fsp3) is 0.533. The average Bonchev–Trinajstić information content (AvgIpc) is 2.41. The molecule has 0 N–H and O–H groups in total. The first-order chi connectivity index (χ1) is 8.74. The normalized spacial score (nSPS) is 23.7. The number of halogens is 1. The Morgan fingerprint density at radius 3 is 3.00 bits per heavy atom. The molecule has 0 radical (unpaired) electrons. The van der Waals surface area contributed by atoms with Gasteiger partial charge in [0.1, 0.15) is 0 Å². The first-order valence-corrected chi connectivity index (χ1v) is 6.65. The highest BCUT2D eigenvalue weighted by Gasteiger charge is 2.23. The summed E-state index contributed by atoms with van der Waals surface area (Å²) in [5.74, 6) is 0.336. The van der Waals surface area contributed by atoms with Gasteiger partial charge in [-0.2, -0.15) is 0 Å². The van der Waals surface area contributed by atoms with E-state index in [-0.39, 0.29) is 11.9 Å². The third kappa shape index (κ3) is 2.89. The highest BCUT2D eigenvalue weighted by molar-refractivity contribution is 5.79. The molecule has 0 aromatic heterocycles. The number of para-hydroxylation sites is 1. The zero-order valence-corrected chi connectivity index (χ0v) is 10.7. The molecule has 0 amide bonds. The van der Waals surface area contributed by atoms with Crippen molar-refractivity contribution in [2.24, 2.45) is 5.92 Å². The molecule has 1 aliphatic rings. The monoisotopic (exact) mass is 250 g/mol. The molecular formula is C15H19FO2. The Morgan fingerprint density at radius 2 is 2.28 bits per heavy atom. The van der Waals surface area contributed by atoms with Crippen LogP contribution < -0.4 is 4.74 Å². The van der Waals surface area contributed by atoms with Crippen LogP contribution in [0.2, 0.25) is 0 Å². The van der Waals surface area contributed by atoms with Gasteiger partial charge in [0.2, 0.25) is 0 Å². The number of carbonyl (C=O) groups is 1. The minimum Gasteiger partial charge on any atom is -0.487 e. The lowest BCUT2D eigenvalue weighted by atomic mass is 9.85. The second-order valence-electron chi connectivity index (χ2n) is 4.96. The number of benzene rings is 1. The topological polar surface area (TPSA) is 26.3 Å². The first-order valence-electron chi connectivity index (χ1n) is 6.65. The van der Waals surface area contributed by atoms with Gasteiger partial charge >= 0.3 is 0 Å². The van der Waals surface area contributed by atoms with Crippen LogP contribution in [-0.2, 0) is 0 Å². The Hall–Kier alpha value is -1.38. The quantitative estimate of drug-likeness (QED) is 0.755. The lowest BCUT2D eigenvalue weighted by Gasteiger charge is -2.29. The molecular weight excluding hydrogens is 231 g/mol. The second kappa shape index (κ2) is 5.98. The van der Waals surface area contributed by atoms with Gasteiger partial charge in [0.05, 0.1) is 11.7 Å². The van der Waals surface area contributed by atoms with Crippen molar-refractivity contribution in [1.82, 2.24) is 0 Å². The van der Waals surface area contributed by atoms with Crippen LogP contribution in [-0.4, -0.2) is 12.4 Å². The summed E-state index contributed by atoms with van der Waals surface area (Å²) in [6, 6.07) is 4.45. The van der Waals surface area contributed by atoms with Crippen LogP contribution in [0.5, 0.6) is 5.75 Å². The Labute approximate surface area is 107 Å². The average molecular weight is 250 g/mol. The van der Waals surface area contributed by atoms with E-state index < -0.39 is 5.82 Å². The summed E-state index contributed by atoms with van der Waals surface area (Å²) < 4.78 is 19.4. The molecule has 0 aliphatic heterocycles. The van der Waals surface area contributed by atoms with Crippen LogP contribution >= 0.6 is 0 Å². The van der Waals surface area contributed by atoms with E-state index in [2.05, 4.69) is 6.92 Å². The van der Waals surface area contributed by atoms with Crippen molar-refractivity contribution >= 4 is 6.29 Å². The van der Waals surface area contributed by atoms with E-state index in [1.54, 1.807) is 6.07 Å². The maximum absolute atomic E-state index is 13.7. The van der Waals surface area contributed by atoms with Crippen molar-refractivity contribution in [2.75, 3.05) is 0 Å². The molecule has 1 aliphatic carbocycles. The molecule has 1 aromatic carbocycles. The summed E-state index contributed by atoms with van der Waals surface area (Å²) >= 11 is 0. The summed E-state index contributed by atoms with van der Waals surface area (Å²) in [6.45, 7) is 2.17. The zero-order valence-electron chi connectivity index (χ0n) is 10.7. The molecule has 0 heterocycles. The molecule has 2 rings (SSSR count). The van der Waals surface area contributed by atoms with E-state index in [1.165, 1.54) is 18.6 Å². The maximum Gasteiger partial charge on any atom is 0.165 e. The van der Waals surface area contributed by atoms with Gasteiger partial charge in [0.25, 0.3) is 0 Å². The minimum absolute atomic E-state index is 0.0410. The van der Waals surface area contributed by atoms with Crippen molar-refractivity contribution in [3.63, 3.8) is 0 Å². The summed E-state index contributed by atoms with van der Waals surface area (Å²) in [5, 5.41) is 0. The van der Waals surface area contributed by atoms with Crippen LogP contribution in [0.15, 0.2) is 18.2 Å². The number of hydrogen-bond donors (Lipinski definition) is 0. The first kappa shape index (κ1) is 13.1. The summed E-state index contributed by atoms with van der Waals surface area (Å²) in [6.07, 6.45) is 6.09. The lowest BCUT2D eigenvalue weighted by molar-refractivity contribution is 0.107. The summed E-state index contributed by atoms with van der Waals surface area (Å²) in [5.41, 5.74) is 0.300. The highest BCUT2D eigenvalue weighted by Crippen LogP contribution is 2.31. The molecule has 1 aromatic rings. The number of carbonyl (C=O) groups excluding carboxylic acids is 1. The molecule has 2 atom stereocenters. The summed E-state index contributed by atoms with van der Waals surface area (Å²) in [7, 11) is 0. The van der Waals surface area contributed by atoms with Crippen molar-refractivity contribution in [2.45, 2.75) is 45.1 Å². The lowest BCUT2D eigenvalue weighted by Crippen LogP contribution is -2.25. The molecule has 2 nitrogen and oxygen atoms in total. The number of ether oxygens (including phenoxy) is 1. The van der Waals surface area contributed by atoms with Crippen molar-refractivity contribution in [3.05, 3.63) is 29.6 Å². The number of hydrogen-bond acceptors (Lipinski definition) is 2. The molecule has 18 heavy (non-hydrogen) atoms. The van der Waals surface area contributed by atoms with Gasteiger partial charge in [-0.25, -0.2) is 4.39 Å². The van der Waals surface area contributed by atoms with Gasteiger partial charge in [0, 0.05) is 0 Å². The fourth-order valence-electron chi connectivity index (χ4n) is 2.63. The van der Waals surface area contributed by atoms with Crippen LogP contribution in [0, 0.1) is 11.7 Å². The fourth-order valence-corrected chi connectivity index (χ4v) is 2.63. The molecule has 2 unspecified atom stereocenters. The Bertz CT molecular complexity index is 417. The van der Waals surface area contributed by atoms with Gasteiger partial charge in [-0.3, -0.25) is 4.79 Å². The third-order valence-corrected chi connectivity index (χ3v) is 3.72. The summed E-state index contributed by atoms with van der Waals surface area (Å²) in [4.78, 5) is 10.9. The maximum atomic E-state index is 13.7. The van der Waals surface area contributed by atoms with E-state index >= 15 is 0 Å². The van der Waals surface area contributed by atoms with Gasteiger partial charge in [-0.15, -0.1) is 0 Å². The van der Waals surface area contributed by atoms with Crippen LogP contribution in [0.4, 0.5) is 4.39 Å². The Kier molecular flexibility index (Phi) is 4.34. The van der Waals surface area contributed by atoms with Crippen LogP contribution in [0.3, 0.4) is 0 Å². The molecule has 3 heteroatoms. The van der Waals surface area contributed by atoms with Gasteiger partial charge in [-0.1, -0.05) is 25.8 Å². The van der Waals surface area contributed by atoms with Crippen LogP contribution in [0.1, 0.15) is 49.4 Å². The van der Waals surface area contributed by atoms with Crippen molar-refractivity contribution < 1.29 is 13.9 Å². The van der Waals surface area contributed by atoms with E-state index in [9.17, 15) is 9.18 Å². The number of rotatable bonds is 4. The van der Waals surface area contributed by atoms with E-state index in [4.69, 9.17) is 4.74 Å². The van der Waals surface area contributed by atoms with Gasteiger partial charge in [-0.05, 0) is 37.3 Å². The van der Waals surface area contributed by atoms with Gasteiger partial charge in [0.15, 0.2) is 17.9 Å². The Balaban J connectivity index is 2.11. The van der Waals surface area contributed by atoms with Crippen molar-refractivity contribution in [1.29, 1.82) is 0 Å². The number of aldehydes is 1. The van der Waals surface area contributed by atoms with E-state index in [0.29, 0.717) is 17.8 Å². The molecule has 1 fully saturated rings. The molecule has 0 saturated heterocycles. The standard InChI is InChI=1S/C15H19FO2/c1-2-11-5-3-7-13(9-11)18-15-12(10-17)6-4-8-14(15)16/h4,6,8,10-11,13H,2-3,5,7,9H2,1H3. The molecule has 0 spiro atoms. The highest BCUT2D eigenvalue weighted by atomic mass is 19.1. The predicted molar refractivity (Wildman–Crippen MR) is 68.5 cm³/mol. The predicted octanol–water partition coefficient (Wildman–Crippen LogP) is 3.99. The second-order valence-corrected chi connectivity index (χ2v) is 4.96. The van der Waals surface area contributed by atoms with Crippen molar-refractivity contribution in [3.8, 4) is 5.75 Å². The van der Waals surface area contributed by atoms with E-state index in [1.807, 2.05) is 0 Å². The largest absolute Gasteiger partial charge is 0.487 e. The molecule has 1 saturated carbocycles. The van der Waals surface area contributed by atoms with Gasteiger partial charge < -0.3 is 4.74 Å². The third-order valence-electron chi connectivity index (χ3n) is 3.72. The van der Waals surface area contributed by atoms with E-state index in [0.717, 1.165) is 25.7 Å². The Morgan fingerprint density at radius 1 is 1.44 bits per heavy atom. The zero-order chi connectivity index (χ0) is 13.0. The smallest absolute Gasteiger partial charge is 0.165 e. The van der Waals surface area contributed by atoms with Crippen LogP contribution in [0.25, 0.3) is 0 Å². The minimum atomic E-state index is -0.446. The molecule has 0 bridgehead atoms. The molecule has 98 valence electrons.